The molecule has 1 aromatic heterocycles. The van der Waals surface area contributed by atoms with Gasteiger partial charge in [0.25, 0.3) is 0 Å². The largest absolute Gasteiger partial charge is 0.383 e. The molecule has 4 heteroatoms. The van der Waals surface area contributed by atoms with E-state index in [0.717, 1.165) is 11.1 Å². The molecule has 0 saturated heterocycles. The number of aryl methyl sites for hydroxylation is 1. The van der Waals surface area contributed by atoms with Gasteiger partial charge in [0.15, 0.2) is 0 Å². The number of nitrogens with one attached hydrogen (secondary N) is 1. The normalized spacial score (nSPS) is 12.9. The van der Waals surface area contributed by atoms with E-state index in [-0.39, 0.29) is 6.04 Å². The van der Waals surface area contributed by atoms with Crippen molar-refractivity contribution in [1.29, 1.82) is 0 Å². The van der Waals surface area contributed by atoms with Crippen LogP contribution in [0.15, 0.2) is 12.3 Å². The van der Waals surface area contributed by atoms with Crippen molar-refractivity contribution in [1.82, 2.24) is 10.4 Å². The molecule has 4 nitrogen and oxygen atoms in total. The van der Waals surface area contributed by atoms with Crippen LogP contribution in [0.25, 0.3) is 0 Å². The SMILES string of the molecule is Cc1cnc(N)c(C(C)NN)c1. The predicted molar refractivity (Wildman–Crippen MR) is 49.1 cm³/mol. The molecule has 0 saturated carbocycles. The molecule has 5 N–H and O–H groups in total. The van der Waals surface area contributed by atoms with Crippen molar-refractivity contribution in [2.75, 3.05) is 5.73 Å². The Balaban J connectivity index is 3.04. The highest BCUT2D eigenvalue weighted by molar-refractivity contribution is 5.42. The minimum Gasteiger partial charge on any atom is -0.383 e. The number of pyridine rings is 1. The topological polar surface area (TPSA) is 77.0 Å². The maximum Gasteiger partial charge on any atom is 0.128 e. The van der Waals surface area contributed by atoms with Gasteiger partial charge in [-0.1, -0.05) is 0 Å². The third kappa shape index (κ3) is 1.72. The molecule has 0 bridgehead atoms. The summed E-state index contributed by atoms with van der Waals surface area (Å²) in [6.45, 7) is 3.91. The molecule has 0 aliphatic carbocycles. The molecule has 0 fully saturated rings. The number of anilines is 1. The van der Waals surface area contributed by atoms with E-state index < -0.39 is 0 Å². The molecule has 0 aliphatic heterocycles. The van der Waals surface area contributed by atoms with Crippen LogP contribution in [0.5, 0.6) is 0 Å². The highest BCUT2D eigenvalue weighted by Gasteiger charge is 2.07. The molecule has 0 spiro atoms. The van der Waals surface area contributed by atoms with E-state index in [9.17, 15) is 0 Å². The summed E-state index contributed by atoms with van der Waals surface area (Å²) in [5, 5.41) is 0. The average Bonchev–Trinajstić information content (AvgIpc) is 2.08. The average molecular weight is 166 g/mol. The number of nitrogen functional groups attached to an aromatic ring is 1. The number of hydrogen-bond donors (Lipinski definition) is 3. The van der Waals surface area contributed by atoms with E-state index in [1.54, 1.807) is 6.20 Å². The lowest BCUT2D eigenvalue weighted by Gasteiger charge is -2.12. The molecule has 0 aliphatic rings. The molecule has 0 radical (unpaired) electrons. The zero-order chi connectivity index (χ0) is 9.14. The van der Waals surface area contributed by atoms with Gasteiger partial charge in [-0.2, -0.15) is 0 Å². The summed E-state index contributed by atoms with van der Waals surface area (Å²) in [6.07, 6.45) is 1.74. The minimum absolute atomic E-state index is 0.0393. The Hall–Kier alpha value is -1.13. The van der Waals surface area contributed by atoms with E-state index in [2.05, 4.69) is 10.4 Å². The highest BCUT2D eigenvalue weighted by atomic mass is 15.2. The predicted octanol–water partition coefficient (Wildman–Crippen LogP) is 0.497. The lowest BCUT2D eigenvalue weighted by atomic mass is 10.1. The summed E-state index contributed by atoms with van der Waals surface area (Å²) in [7, 11) is 0. The van der Waals surface area contributed by atoms with Crippen LogP contribution in [-0.4, -0.2) is 4.98 Å². The maximum atomic E-state index is 5.66. The Labute approximate surface area is 71.9 Å². The third-order valence-electron chi connectivity index (χ3n) is 1.80. The smallest absolute Gasteiger partial charge is 0.128 e. The van der Waals surface area contributed by atoms with Crippen LogP contribution < -0.4 is 17.0 Å². The first-order valence-electron chi connectivity index (χ1n) is 3.83. The molecule has 66 valence electrons. The number of nitrogens with zero attached hydrogens (tertiary/aromatic N) is 1. The zero-order valence-electron chi connectivity index (χ0n) is 7.33. The number of hydrazine groups is 1. The van der Waals surface area contributed by atoms with Crippen molar-refractivity contribution >= 4 is 5.82 Å². The first-order chi connectivity index (χ1) is 5.65. The number of rotatable bonds is 2. The molecule has 0 aromatic carbocycles. The Kier molecular flexibility index (Phi) is 2.62. The molecule has 1 aromatic rings. The molecule has 1 atom stereocenters. The van der Waals surface area contributed by atoms with E-state index in [1.165, 1.54) is 0 Å². The molecule has 1 heterocycles. The van der Waals surface area contributed by atoms with Gasteiger partial charge < -0.3 is 5.73 Å². The first kappa shape index (κ1) is 8.96. The summed E-state index contributed by atoms with van der Waals surface area (Å²) < 4.78 is 0. The Bertz CT molecular complexity index is 272. The summed E-state index contributed by atoms with van der Waals surface area (Å²) in [5.41, 5.74) is 10.3. The summed E-state index contributed by atoms with van der Waals surface area (Å²) >= 11 is 0. The monoisotopic (exact) mass is 166 g/mol. The second-order valence-corrected chi connectivity index (χ2v) is 2.88. The Morgan fingerprint density at radius 1 is 1.58 bits per heavy atom. The van der Waals surface area contributed by atoms with E-state index >= 15 is 0 Å². The number of nitrogens with two attached hydrogens (primary N) is 2. The number of aromatic nitrogens is 1. The van der Waals surface area contributed by atoms with Crippen LogP contribution in [-0.2, 0) is 0 Å². The van der Waals surface area contributed by atoms with Crippen molar-refractivity contribution in [2.45, 2.75) is 19.9 Å². The van der Waals surface area contributed by atoms with E-state index in [4.69, 9.17) is 11.6 Å². The minimum atomic E-state index is 0.0393. The van der Waals surface area contributed by atoms with Gasteiger partial charge >= 0.3 is 0 Å². The van der Waals surface area contributed by atoms with Crippen LogP contribution in [0, 0.1) is 6.92 Å². The maximum absolute atomic E-state index is 5.66. The first-order valence-corrected chi connectivity index (χ1v) is 3.83. The van der Waals surface area contributed by atoms with Crippen LogP contribution >= 0.6 is 0 Å². The van der Waals surface area contributed by atoms with Gasteiger partial charge in [0.1, 0.15) is 5.82 Å². The summed E-state index contributed by atoms with van der Waals surface area (Å²) in [6, 6.07) is 2.02. The van der Waals surface area contributed by atoms with Crippen LogP contribution in [0.4, 0.5) is 5.82 Å². The quantitative estimate of drug-likeness (QED) is 0.441. The van der Waals surface area contributed by atoms with E-state index in [1.807, 2.05) is 19.9 Å². The van der Waals surface area contributed by atoms with Gasteiger partial charge in [-0.3, -0.25) is 11.3 Å². The van der Waals surface area contributed by atoms with Gasteiger partial charge in [-0.25, -0.2) is 4.98 Å². The fourth-order valence-corrected chi connectivity index (χ4v) is 1.04. The third-order valence-corrected chi connectivity index (χ3v) is 1.80. The lowest BCUT2D eigenvalue weighted by molar-refractivity contribution is 0.602. The van der Waals surface area contributed by atoms with Crippen LogP contribution in [0.2, 0.25) is 0 Å². The van der Waals surface area contributed by atoms with Crippen molar-refractivity contribution in [2.24, 2.45) is 5.84 Å². The van der Waals surface area contributed by atoms with Gasteiger partial charge in [0.2, 0.25) is 0 Å². The zero-order valence-corrected chi connectivity index (χ0v) is 7.33. The van der Waals surface area contributed by atoms with Gasteiger partial charge in [0.05, 0.1) is 0 Å². The van der Waals surface area contributed by atoms with Gasteiger partial charge in [-0.05, 0) is 25.5 Å². The van der Waals surface area contributed by atoms with Crippen molar-refractivity contribution in [3.05, 3.63) is 23.4 Å². The van der Waals surface area contributed by atoms with Gasteiger partial charge in [0, 0.05) is 17.8 Å². The van der Waals surface area contributed by atoms with Crippen LogP contribution in [0.3, 0.4) is 0 Å². The fraction of sp³-hybridized carbons (Fsp3) is 0.375. The van der Waals surface area contributed by atoms with Crippen molar-refractivity contribution < 1.29 is 0 Å². The Morgan fingerprint density at radius 3 is 2.83 bits per heavy atom. The number of hydrogen-bond acceptors (Lipinski definition) is 4. The van der Waals surface area contributed by atoms with Crippen LogP contribution in [0.1, 0.15) is 24.1 Å². The molecular weight excluding hydrogens is 152 g/mol. The van der Waals surface area contributed by atoms with Crippen molar-refractivity contribution in [3.8, 4) is 0 Å². The molecule has 0 amide bonds. The highest BCUT2D eigenvalue weighted by Crippen LogP contribution is 2.17. The second-order valence-electron chi connectivity index (χ2n) is 2.88. The standard InChI is InChI=1S/C8H14N4/c1-5-3-7(6(2)12-10)8(9)11-4-5/h3-4,6,12H,10H2,1-2H3,(H2,9,11). The summed E-state index contributed by atoms with van der Waals surface area (Å²) in [5.74, 6) is 5.82. The Morgan fingerprint density at radius 2 is 2.25 bits per heavy atom. The van der Waals surface area contributed by atoms with Crippen molar-refractivity contribution in [3.63, 3.8) is 0 Å². The summed E-state index contributed by atoms with van der Waals surface area (Å²) in [4.78, 5) is 4.03. The van der Waals surface area contributed by atoms with Gasteiger partial charge in [-0.15, -0.1) is 0 Å². The second kappa shape index (κ2) is 3.51. The molecule has 12 heavy (non-hydrogen) atoms. The fourth-order valence-electron chi connectivity index (χ4n) is 1.04. The molecule has 1 unspecified atom stereocenters. The van der Waals surface area contributed by atoms with E-state index in [0.29, 0.717) is 5.82 Å². The molecule has 1 rings (SSSR count). The molecular formula is C8H14N4. The lowest BCUT2D eigenvalue weighted by Crippen LogP contribution is -2.26.